The third-order valence-electron chi connectivity index (χ3n) is 9.29. The highest BCUT2D eigenvalue weighted by Crippen LogP contribution is 2.65. The summed E-state index contributed by atoms with van der Waals surface area (Å²) in [5.41, 5.74) is 0.716. The molecule has 5 atom stereocenters. The summed E-state index contributed by atoms with van der Waals surface area (Å²) >= 11 is 1.68. The topological polar surface area (TPSA) is 82.0 Å². The van der Waals surface area contributed by atoms with Crippen LogP contribution in [0.4, 0.5) is 0 Å². The van der Waals surface area contributed by atoms with Crippen LogP contribution < -0.4 is 10.1 Å². The number of nitrogens with zero attached hydrogens (tertiary/aromatic N) is 1. The summed E-state index contributed by atoms with van der Waals surface area (Å²) in [6.45, 7) is 1.99. The first kappa shape index (κ1) is 23.6. The Labute approximate surface area is 216 Å². The highest BCUT2D eigenvalue weighted by Gasteiger charge is 2.73. The van der Waals surface area contributed by atoms with Crippen molar-refractivity contribution in [2.24, 2.45) is 5.92 Å². The molecule has 2 aliphatic heterocycles. The monoisotopic (exact) mass is 516 g/mol. The minimum Gasteiger partial charge on any atom is -0.504 e. The number of thiophene rings is 1. The van der Waals surface area contributed by atoms with E-state index in [2.05, 4.69) is 16.3 Å². The lowest BCUT2D eigenvalue weighted by molar-refractivity contribution is -0.192. The second-order valence-corrected chi connectivity index (χ2v) is 12.1. The first-order valence-electron chi connectivity index (χ1n) is 12.8. The highest BCUT2D eigenvalue weighted by atomic mass is 35.5. The van der Waals surface area contributed by atoms with Gasteiger partial charge in [-0.3, -0.25) is 9.69 Å². The zero-order valence-electron chi connectivity index (χ0n) is 19.7. The van der Waals surface area contributed by atoms with E-state index in [4.69, 9.17) is 4.74 Å². The SMILES string of the molecule is Cl.O=C(CCc1cccs1)N[C@H]1CC[C@@]2(O)[C@H]3Cc4ccc(O)c5c4[C@@]2(CCN3CC2CC2)[C@H]1O5. The number of aromatic hydroxyl groups is 1. The number of nitrogens with one attached hydrogen (secondary N) is 1. The largest absolute Gasteiger partial charge is 0.504 e. The molecule has 2 bridgehead atoms. The van der Waals surface area contributed by atoms with E-state index in [9.17, 15) is 15.0 Å². The molecular weight excluding hydrogens is 484 g/mol. The van der Waals surface area contributed by atoms with Crippen molar-refractivity contribution in [2.45, 2.75) is 80.6 Å². The van der Waals surface area contributed by atoms with E-state index in [0.717, 1.165) is 43.8 Å². The summed E-state index contributed by atoms with van der Waals surface area (Å²) in [7, 11) is 0. The van der Waals surface area contributed by atoms with Crippen LogP contribution in [0.5, 0.6) is 11.5 Å². The quantitative estimate of drug-likeness (QED) is 0.547. The fourth-order valence-electron chi connectivity index (χ4n) is 7.60. The number of piperidine rings is 1. The van der Waals surface area contributed by atoms with Gasteiger partial charge in [-0.1, -0.05) is 12.1 Å². The molecule has 7 rings (SSSR count). The number of aliphatic hydroxyl groups is 1. The Kier molecular flexibility index (Phi) is 5.64. The first-order chi connectivity index (χ1) is 16.5. The van der Waals surface area contributed by atoms with Crippen molar-refractivity contribution in [2.75, 3.05) is 13.1 Å². The van der Waals surface area contributed by atoms with Gasteiger partial charge < -0.3 is 20.3 Å². The van der Waals surface area contributed by atoms with Crippen molar-refractivity contribution in [3.63, 3.8) is 0 Å². The maximum absolute atomic E-state index is 12.9. The van der Waals surface area contributed by atoms with Crippen molar-refractivity contribution in [1.82, 2.24) is 10.2 Å². The summed E-state index contributed by atoms with van der Waals surface area (Å²) in [5, 5.41) is 28.5. The number of halogens is 1. The van der Waals surface area contributed by atoms with Crippen LogP contribution in [-0.2, 0) is 23.1 Å². The molecule has 0 radical (unpaired) electrons. The molecule has 1 spiro atoms. The fraction of sp³-hybridized carbons (Fsp3) is 0.593. The molecular formula is C27H33ClN2O4S. The van der Waals surface area contributed by atoms with Crippen LogP contribution in [0.25, 0.3) is 0 Å². The van der Waals surface area contributed by atoms with Gasteiger partial charge in [-0.15, -0.1) is 23.7 Å². The average molecular weight is 517 g/mol. The molecule has 5 aliphatic rings. The van der Waals surface area contributed by atoms with Gasteiger partial charge in [0.25, 0.3) is 0 Å². The molecule has 6 nitrogen and oxygen atoms in total. The van der Waals surface area contributed by atoms with Gasteiger partial charge in [0.05, 0.1) is 17.1 Å². The molecule has 3 N–H and O–H groups in total. The Balaban J connectivity index is 0.00000229. The Morgan fingerprint density at radius 2 is 2.09 bits per heavy atom. The number of hydrogen-bond donors (Lipinski definition) is 3. The van der Waals surface area contributed by atoms with Gasteiger partial charge in [-0.2, -0.15) is 0 Å². The normalized spacial score (nSPS) is 34.5. The number of hydrogen-bond acceptors (Lipinski definition) is 6. The van der Waals surface area contributed by atoms with E-state index in [1.54, 1.807) is 17.4 Å². The van der Waals surface area contributed by atoms with Crippen LogP contribution in [0.1, 0.15) is 54.5 Å². The lowest BCUT2D eigenvalue weighted by Crippen LogP contribution is -2.78. The standard InChI is InChI=1S/C27H32N2O4S.ClH/c30-20-7-5-17-14-21-27(32)10-9-19(28-22(31)8-6-18-2-1-13-34-18)25-26(27,23(17)24(20)33-25)11-12-29(21)15-16-3-4-16;/h1-2,5,7,13,16,19,21,25,30,32H,3-4,6,8-12,14-15H2,(H,28,31);1H/t19-,21+,25-,26-,27+;/m0./s1. The summed E-state index contributed by atoms with van der Waals surface area (Å²) in [5.74, 6) is 1.48. The van der Waals surface area contributed by atoms with Gasteiger partial charge in [0.2, 0.25) is 5.91 Å². The molecule has 1 saturated heterocycles. The Morgan fingerprint density at radius 3 is 2.86 bits per heavy atom. The molecule has 1 aromatic carbocycles. The lowest BCUT2D eigenvalue weighted by atomic mass is 9.48. The van der Waals surface area contributed by atoms with Gasteiger partial charge in [0.15, 0.2) is 11.5 Å². The van der Waals surface area contributed by atoms with Crippen LogP contribution in [0, 0.1) is 5.92 Å². The molecule has 3 heterocycles. The Hall–Kier alpha value is -1.80. The number of rotatable bonds is 6. The zero-order chi connectivity index (χ0) is 23.1. The van der Waals surface area contributed by atoms with E-state index in [-0.39, 0.29) is 42.3 Å². The van der Waals surface area contributed by atoms with Gasteiger partial charge in [-0.25, -0.2) is 0 Å². The Morgan fingerprint density at radius 1 is 1.23 bits per heavy atom. The van der Waals surface area contributed by atoms with Crippen molar-refractivity contribution < 1.29 is 19.7 Å². The number of carbonyl (C=O) groups is 1. The van der Waals surface area contributed by atoms with Crippen molar-refractivity contribution in [1.29, 1.82) is 0 Å². The number of carbonyl (C=O) groups excluding carboxylic acids is 1. The molecule has 3 fully saturated rings. The van der Waals surface area contributed by atoms with Crippen molar-refractivity contribution >= 4 is 29.7 Å². The summed E-state index contributed by atoms with van der Waals surface area (Å²) in [4.78, 5) is 16.7. The number of aryl methyl sites for hydroxylation is 1. The second-order valence-electron chi connectivity index (χ2n) is 11.1. The lowest BCUT2D eigenvalue weighted by Gasteiger charge is -2.64. The first-order valence-corrected chi connectivity index (χ1v) is 13.7. The molecule has 1 amide bonds. The maximum atomic E-state index is 12.9. The van der Waals surface area contributed by atoms with Crippen molar-refractivity contribution in [3.05, 3.63) is 45.6 Å². The molecule has 2 aromatic rings. The molecule has 3 aliphatic carbocycles. The second kappa shape index (κ2) is 8.37. The minimum atomic E-state index is -0.908. The van der Waals surface area contributed by atoms with Gasteiger partial charge in [-0.05, 0) is 80.5 Å². The number of benzene rings is 1. The van der Waals surface area contributed by atoms with Gasteiger partial charge in [0, 0.05) is 29.4 Å². The highest BCUT2D eigenvalue weighted by molar-refractivity contribution is 7.09. The van der Waals surface area contributed by atoms with E-state index in [0.29, 0.717) is 25.0 Å². The third kappa shape index (κ3) is 3.38. The molecule has 188 valence electrons. The van der Waals surface area contributed by atoms with E-state index in [1.807, 2.05) is 17.5 Å². The zero-order valence-corrected chi connectivity index (χ0v) is 21.4. The smallest absolute Gasteiger partial charge is 0.220 e. The van der Waals surface area contributed by atoms with Crippen molar-refractivity contribution in [3.8, 4) is 11.5 Å². The number of ether oxygens (including phenoxy) is 1. The number of likely N-dealkylation sites (tertiary alicyclic amines) is 1. The maximum Gasteiger partial charge on any atom is 0.220 e. The molecule has 2 saturated carbocycles. The van der Waals surface area contributed by atoms with Crippen LogP contribution in [-0.4, -0.2) is 57.9 Å². The molecule has 8 heteroatoms. The number of phenols is 1. The molecule has 35 heavy (non-hydrogen) atoms. The fourth-order valence-corrected chi connectivity index (χ4v) is 8.31. The van der Waals surface area contributed by atoms with Crippen LogP contribution in [0.3, 0.4) is 0 Å². The number of phenolic OH excluding ortho intramolecular Hbond substituents is 1. The van der Waals surface area contributed by atoms with E-state index in [1.165, 1.54) is 23.3 Å². The summed E-state index contributed by atoms with van der Waals surface area (Å²) < 4.78 is 6.53. The van der Waals surface area contributed by atoms with Gasteiger partial charge in [0.1, 0.15) is 6.10 Å². The Bertz CT molecular complexity index is 1140. The van der Waals surface area contributed by atoms with E-state index < -0.39 is 11.0 Å². The van der Waals surface area contributed by atoms with Crippen LogP contribution in [0.15, 0.2) is 29.6 Å². The third-order valence-corrected chi connectivity index (χ3v) is 10.2. The summed E-state index contributed by atoms with van der Waals surface area (Å²) in [6.07, 6.45) is 6.34. The predicted octanol–water partition coefficient (Wildman–Crippen LogP) is 3.56. The summed E-state index contributed by atoms with van der Waals surface area (Å²) in [6, 6.07) is 7.73. The number of amides is 1. The minimum absolute atomic E-state index is 0. The van der Waals surface area contributed by atoms with Crippen LogP contribution >= 0.6 is 23.7 Å². The van der Waals surface area contributed by atoms with Crippen LogP contribution in [0.2, 0.25) is 0 Å². The van der Waals surface area contributed by atoms with E-state index >= 15 is 0 Å². The molecule has 1 aromatic heterocycles. The van der Waals surface area contributed by atoms with Gasteiger partial charge >= 0.3 is 0 Å². The molecule has 0 unspecified atom stereocenters. The average Bonchev–Trinajstić information content (AvgIpc) is 3.33. The predicted molar refractivity (Wildman–Crippen MR) is 137 cm³/mol.